The third kappa shape index (κ3) is 6.30. The van der Waals surface area contributed by atoms with Crippen molar-refractivity contribution in [1.29, 1.82) is 5.26 Å². The molecule has 7 heteroatoms. The van der Waals surface area contributed by atoms with Gasteiger partial charge in [-0.1, -0.05) is 119 Å². The lowest BCUT2D eigenvalue weighted by Crippen LogP contribution is -2.07. The Morgan fingerprint density at radius 2 is 0.952 bits per heavy atom. The number of nitrogens with zero attached hydrogens (tertiary/aromatic N) is 4. The predicted molar refractivity (Wildman–Crippen MR) is 246 cm³/mol. The third-order valence-corrected chi connectivity index (χ3v) is 11.9. The maximum Gasteiger partial charge on any atom is 0.415 e. The van der Waals surface area contributed by atoms with Gasteiger partial charge < -0.3 is 9.13 Å². The molecule has 0 aliphatic carbocycles. The summed E-state index contributed by atoms with van der Waals surface area (Å²) in [5.41, 5.74) is 13.5. The van der Waals surface area contributed by atoms with Gasteiger partial charge >= 0.3 is 6.18 Å². The summed E-state index contributed by atoms with van der Waals surface area (Å²) in [4.78, 5) is 3.74. The molecule has 10 aromatic rings. The van der Waals surface area contributed by atoms with Crippen molar-refractivity contribution in [2.45, 2.75) is 33.9 Å². The number of hydrogen-bond acceptors (Lipinski definition) is 1. The van der Waals surface area contributed by atoms with Gasteiger partial charge in [0.25, 0.3) is 0 Å². The van der Waals surface area contributed by atoms with E-state index >= 15 is 0 Å². The summed E-state index contributed by atoms with van der Waals surface area (Å²) in [7, 11) is 0. The molecule has 62 heavy (non-hydrogen) atoms. The molecule has 4 nitrogen and oxygen atoms in total. The minimum absolute atomic E-state index is 0.150. The van der Waals surface area contributed by atoms with Gasteiger partial charge in [0.05, 0.1) is 51.6 Å². The normalized spacial score (nSPS) is 11.8. The Labute approximate surface area is 356 Å². The Morgan fingerprint density at radius 3 is 1.39 bits per heavy atom. The molecule has 0 aliphatic heterocycles. The minimum Gasteiger partial charge on any atom is -0.309 e. The number of para-hydroxylation sites is 2. The van der Waals surface area contributed by atoms with Gasteiger partial charge in [-0.05, 0) is 110 Å². The van der Waals surface area contributed by atoms with Crippen LogP contribution in [0.1, 0.15) is 33.4 Å². The number of benzene rings is 8. The molecule has 0 radical (unpaired) electrons. The van der Waals surface area contributed by atoms with Gasteiger partial charge in [-0.25, -0.2) is 4.85 Å². The molecule has 0 bridgehead atoms. The summed E-state index contributed by atoms with van der Waals surface area (Å²) in [6, 6.07) is 51.1. The Morgan fingerprint density at radius 1 is 0.500 bits per heavy atom. The van der Waals surface area contributed by atoms with Crippen LogP contribution in [0.4, 0.5) is 18.9 Å². The number of nitriles is 1. The summed E-state index contributed by atoms with van der Waals surface area (Å²) >= 11 is 0. The van der Waals surface area contributed by atoms with Crippen molar-refractivity contribution in [2.75, 3.05) is 0 Å². The molecule has 8 aromatic carbocycles. The molecule has 10 rings (SSSR count). The van der Waals surface area contributed by atoms with Crippen molar-refractivity contribution in [3.63, 3.8) is 0 Å². The minimum atomic E-state index is -4.66. The first-order chi connectivity index (χ1) is 29.9. The number of hydrogen-bond donors (Lipinski definition) is 0. The first kappa shape index (κ1) is 38.3. The van der Waals surface area contributed by atoms with E-state index < -0.39 is 11.7 Å². The summed E-state index contributed by atoms with van der Waals surface area (Å²) < 4.78 is 47.1. The van der Waals surface area contributed by atoms with Gasteiger partial charge in [0, 0.05) is 32.7 Å². The Bertz CT molecular complexity index is 3360. The number of rotatable bonds is 5. The van der Waals surface area contributed by atoms with Gasteiger partial charge in [-0.2, -0.15) is 18.4 Å². The molecular formula is C55H37F3N4. The highest BCUT2D eigenvalue weighted by Crippen LogP contribution is 2.47. The molecule has 0 unspecified atom stereocenters. The maximum absolute atomic E-state index is 14.3. The predicted octanol–water partition coefficient (Wildman–Crippen LogP) is 15.6. The second kappa shape index (κ2) is 14.4. The van der Waals surface area contributed by atoms with Gasteiger partial charge in [-0.15, -0.1) is 0 Å². The van der Waals surface area contributed by atoms with Gasteiger partial charge in [-0.3, -0.25) is 0 Å². The molecule has 2 aromatic heterocycles. The van der Waals surface area contributed by atoms with Gasteiger partial charge in [0.15, 0.2) is 5.69 Å². The lowest BCUT2D eigenvalue weighted by atomic mass is 9.95. The number of fused-ring (bicyclic) bond motifs is 6. The number of halogens is 3. The molecule has 0 saturated carbocycles. The zero-order valence-electron chi connectivity index (χ0n) is 34.4. The van der Waals surface area contributed by atoms with E-state index in [0.29, 0.717) is 28.1 Å². The highest BCUT2D eigenvalue weighted by Gasteiger charge is 2.32. The highest BCUT2D eigenvalue weighted by atomic mass is 19.4. The van der Waals surface area contributed by atoms with Crippen molar-refractivity contribution in [3.8, 4) is 50.8 Å². The molecule has 0 N–H and O–H groups in total. The summed E-state index contributed by atoms with van der Waals surface area (Å²) in [5, 5.41) is 14.7. The van der Waals surface area contributed by atoms with Crippen LogP contribution in [-0.2, 0) is 6.18 Å². The van der Waals surface area contributed by atoms with E-state index in [4.69, 9.17) is 6.57 Å². The van der Waals surface area contributed by atoms with Crippen LogP contribution in [-0.4, -0.2) is 9.13 Å². The van der Waals surface area contributed by atoms with Crippen molar-refractivity contribution in [1.82, 2.24) is 9.13 Å². The first-order valence-corrected chi connectivity index (χ1v) is 20.3. The van der Waals surface area contributed by atoms with E-state index in [1.807, 2.05) is 36.4 Å². The molecule has 0 fully saturated rings. The topological polar surface area (TPSA) is 38.0 Å². The fraction of sp³-hybridized carbons (Fsp3) is 0.0909. The van der Waals surface area contributed by atoms with Crippen LogP contribution in [0.15, 0.2) is 152 Å². The van der Waals surface area contributed by atoms with E-state index in [1.165, 1.54) is 6.07 Å². The van der Waals surface area contributed by atoms with E-state index in [-0.39, 0.29) is 5.69 Å². The molecular weight excluding hydrogens is 774 g/mol. The Kier molecular flexibility index (Phi) is 8.91. The zero-order valence-corrected chi connectivity index (χ0v) is 34.4. The van der Waals surface area contributed by atoms with E-state index in [9.17, 15) is 18.4 Å². The first-order valence-electron chi connectivity index (χ1n) is 20.3. The smallest absolute Gasteiger partial charge is 0.309 e. The number of aromatic nitrogens is 2. The average molecular weight is 811 g/mol. The molecule has 0 atom stereocenters. The van der Waals surface area contributed by atoms with E-state index in [0.717, 1.165) is 100 Å². The fourth-order valence-electron chi connectivity index (χ4n) is 9.42. The van der Waals surface area contributed by atoms with Gasteiger partial charge in [0.2, 0.25) is 0 Å². The quantitative estimate of drug-likeness (QED) is 0.160. The average Bonchev–Trinajstić information content (AvgIpc) is 3.77. The van der Waals surface area contributed by atoms with E-state index in [1.54, 1.807) is 12.1 Å². The van der Waals surface area contributed by atoms with Crippen molar-refractivity contribution in [3.05, 3.63) is 196 Å². The molecule has 0 amide bonds. The summed E-state index contributed by atoms with van der Waals surface area (Å²) in [5.74, 6) is 0. The van der Waals surface area contributed by atoms with Crippen molar-refractivity contribution < 1.29 is 13.2 Å². The van der Waals surface area contributed by atoms with E-state index in [2.05, 4.69) is 133 Å². The van der Waals surface area contributed by atoms with Crippen molar-refractivity contribution in [2.24, 2.45) is 0 Å². The SMILES string of the molecule is [C-]#[N+]c1cc(C(F)(F)F)ccc1-c1c(-n2c3ccccc3c3cc(-c4cc(C)cc(C)c4)ccc32)cc(C#N)cc1-n1c2ccccc2c2cc(-c3cc(C)cc(C)c3)ccc21. The van der Waals surface area contributed by atoms with Crippen LogP contribution >= 0.6 is 0 Å². The molecule has 0 spiro atoms. The summed E-state index contributed by atoms with van der Waals surface area (Å²) in [6.45, 7) is 16.6. The lowest BCUT2D eigenvalue weighted by Gasteiger charge is -2.22. The second-order valence-electron chi connectivity index (χ2n) is 16.3. The molecule has 0 saturated heterocycles. The molecule has 298 valence electrons. The lowest BCUT2D eigenvalue weighted by molar-refractivity contribution is -0.137. The number of alkyl halides is 3. The van der Waals surface area contributed by atoms with Crippen LogP contribution < -0.4 is 0 Å². The molecule has 2 heterocycles. The highest BCUT2D eigenvalue weighted by molar-refractivity contribution is 6.13. The maximum atomic E-state index is 14.3. The summed E-state index contributed by atoms with van der Waals surface area (Å²) in [6.07, 6.45) is -4.66. The largest absolute Gasteiger partial charge is 0.415 e. The van der Waals surface area contributed by atoms with Crippen molar-refractivity contribution >= 4 is 49.3 Å². The van der Waals surface area contributed by atoms with Gasteiger partial charge in [0.1, 0.15) is 0 Å². The van der Waals surface area contributed by atoms with Crippen LogP contribution in [0.5, 0.6) is 0 Å². The third-order valence-electron chi connectivity index (χ3n) is 11.9. The van der Waals surface area contributed by atoms with Crippen LogP contribution in [0.3, 0.4) is 0 Å². The Hall–Kier alpha value is -7.87. The molecule has 0 aliphatic rings. The fourth-order valence-corrected chi connectivity index (χ4v) is 9.42. The standard InChI is InChI=1S/C55H37F3N4/c1-32-20-33(2)23-39(22-32)37-14-18-50-45(28-37)42-10-6-8-12-48(42)61(50)52-26-36(31-59)27-53(54(52)44-17-16-41(55(56,57)58)30-47(44)60-5)62-49-13-9-7-11-43(49)46-29-38(15-19-51(46)62)40-24-34(3)21-35(4)25-40/h6-30H,1-4H3. The monoisotopic (exact) mass is 810 g/mol. The van der Waals surface area contributed by atoms with Crippen LogP contribution in [0, 0.1) is 45.6 Å². The second-order valence-corrected chi connectivity index (χ2v) is 16.3. The zero-order chi connectivity index (χ0) is 43.0. The Balaban J connectivity index is 1.34. The number of aryl methyl sites for hydroxylation is 4. The van der Waals surface area contributed by atoms with Crippen LogP contribution in [0.2, 0.25) is 0 Å². The van der Waals surface area contributed by atoms with Crippen LogP contribution in [0.25, 0.3) is 93.2 Å².